The number of sulfonamides is 1. The highest BCUT2D eigenvalue weighted by Crippen LogP contribution is 2.15. The normalized spacial score (nSPS) is 13.3. The van der Waals surface area contributed by atoms with Crippen LogP contribution in [0.25, 0.3) is 0 Å². The molecular weight excluding hydrogens is 272 g/mol. The lowest BCUT2D eigenvalue weighted by Gasteiger charge is -2.12. The first-order valence-corrected chi connectivity index (χ1v) is 7.27. The lowest BCUT2D eigenvalue weighted by molar-refractivity contribution is 0.0110. The summed E-state index contributed by atoms with van der Waals surface area (Å²) in [4.78, 5) is 11.8. The number of nitrogens with two attached hydrogens (primary N) is 1. The minimum absolute atomic E-state index is 0.110. The average Bonchev–Trinajstić information content (AvgIpc) is 2.72. The topological polar surface area (TPSA) is 101 Å². The van der Waals surface area contributed by atoms with Crippen LogP contribution in [0.1, 0.15) is 24.3 Å². The number of hydrogen-bond donors (Lipinski definition) is 1. The van der Waals surface area contributed by atoms with Gasteiger partial charge in [-0.2, -0.15) is 0 Å². The molecule has 0 saturated heterocycles. The summed E-state index contributed by atoms with van der Waals surface area (Å²) in [7, 11) is -2.34. The molecule has 0 aliphatic carbocycles. The lowest BCUT2D eigenvalue weighted by Crippen LogP contribution is -2.21. The molecule has 1 atom stereocenters. The van der Waals surface area contributed by atoms with Crippen molar-refractivity contribution in [2.45, 2.75) is 31.4 Å². The number of carbonyl (C=O) groups is 1. The van der Waals surface area contributed by atoms with Crippen LogP contribution in [0.15, 0.2) is 17.2 Å². The van der Waals surface area contributed by atoms with Crippen molar-refractivity contribution in [2.75, 3.05) is 13.7 Å². The van der Waals surface area contributed by atoms with E-state index in [-0.39, 0.29) is 17.2 Å². The third kappa shape index (κ3) is 4.05. The number of primary sulfonamides is 1. The van der Waals surface area contributed by atoms with Crippen LogP contribution in [0.4, 0.5) is 0 Å². The first-order chi connectivity index (χ1) is 8.79. The van der Waals surface area contributed by atoms with Gasteiger partial charge in [0.2, 0.25) is 10.0 Å². The molecule has 1 aromatic rings. The first-order valence-electron chi connectivity index (χ1n) is 5.72. The summed E-state index contributed by atoms with van der Waals surface area (Å²) in [5.41, 5.74) is 0.148. The van der Waals surface area contributed by atoms with E-state index in [2.05, 4.69) is 0 Å². The average molecular weight is 290 g/mol. The van der Waals surface area contributed by atoms with Crippen molar-refractivity contribution in [1.29, 1.82) is 0 Å². The maximum Gasteiger partial charge on any atom is 0.355 e. The van der Waals surface area contributed by atoms with Crippen molar-refractivity contribution in [3.63, 3.8) is 0 Å². The summed E-state index contributed by atoms with van der Waals surface area (Å²) in [6, 6.07) is 1.21. The van der Waals surface area contributed by atoms with Gasteiger partial charge in [-0.05, 0) is 19.9 Å². The Morgan fingerprint density at radius 3 is 2.63 bits per heavy atom. The van der Waals surface area contributed by atoms with Crippen molar-refractivity contribution in [3.05, 3.63) is 18.0 Å². The molecule has 2 N–H and O–H groups in total. The van der Waals surface area contributed by atoms with Gasteiger partial charge < -0.3 is 14.0 Å². The quantitative estimate of drug-likeness (QED) is 0.762. The van der Waals surface area contributed by atoms with E-state index in [0.717, 1.165) is 0 Å². The second-order valence-corrected chi connectivity index (χ2v) is 5.62. The van der Waals surface area contributed by atoms with Crippen LogP contribution in [0.3, 0.4) is 0 Å². The molecule has 0 fully saturated rings. The molecule has 0 aliphatic heterocycles. The van der Waals surface area contributed by atoms with Crippen LogP contribution in [-0.2, 0) is 26.0 Å². The number of esters is 1. The fourth-order valence-electron chi connectivity index (χ4n) is 1.58. The number of aryl methyl sites for hydroxylation is 1. The molecule has 1 rings (SSSR count). The van der Waals surface area contributed by atoms with E-state index in [9.17, 15) is 13.2 Å². The fourth-order valence-corrected chi connectivity index (χ4v) is 2.13. The molecule has 19 heavy (non-hydrogen) atoms. The molecule has 1 aromatic heterocycles. The predicted molar refractivity (Wildman–Crippen MR) is 68.2 cm³/mol. The summed E-state index contributed by atoms with van der Waals surface area (Å²) in [6.45, 7) is 4.16. The van der Waals surface area contributed by atoms with Crippen LogP contribution in [-0.4, -0.2) is 38.8 Å². The molecule has 0 amide bonds. The van der Waals surface area contributed by atoms with Gasteiger partial charge in [0.1, 0.15) is 16.7 Å². The Bertz CT molecular complexity index is 549. The second kappa shape index (κ2) is 6.18. The molecule has 1 heterocycles. The Balaban J connectivity index is 2.99. The van der Waals surface area contributed by atoms with Gasteiger partial charge in [0.15, 0.2) is 0 Å². The van der Waals surface area contributed by atoms with Crippen LogP contribution in [0, 0.1) is 0 Å². The zero-order valence-electron chi connectivity index (χ0n) is 11.1. The summed E-state index contributed by atoms with van der Waals surface area (Å²) in [5, 5.41) is 5.03. The van der Waals surface area contributed by atoms with Crippen molar-refractivity contribution < 1.29 is 22.7 Å². The van der Waals surface area contributed by atoms with Gasteiger partial charge in [0, 0.05) is 19.9 Å². The van der Waals surface area contributed by atoms with Gasteiger partial charge in [-0.15, -0.1) is 0 Å². The standard InChI is InChI=1S/C11H18N2O5S/c1-4-13-6-9(19(12,15)16)5-10(13)11(14)18-8(2)7-17-3/h5-6,8H,4,7H2,1-3H3,(H2,12,15,16). The first kappa shape index (κ1) is 15.7. The number of nitrogens with zero attached hydrogens (tertiary/aromatic N) is 1. The van der Waals surface area contributed by atoms with Gasteiger partial charge >= 0.3 is 5.97 Å². The van der Waals surface area contributed by atoms with Crippen LogP contribution in [0.2, 0.25) is 0 Å². The van der Waals surface area contributed by atoms with Crippen molar-refractivity contribution in [3.8, 4) is 0 Å². The highest BCUT2D eigenvalue weighted by atomic mass is 32.2. The lowest BCUT2D eigenvalue weighted by atomic mass is 10.4. The highest BCUT2D eigenvalue weighted by Gasteiger charge is 2.20. The molecule has 0 aliphatic rings. The number of methoxy groups -OCH3 is 1. The SMILES string of the molecule is CCn1cc(S(N)(=O)=O)cc1C(=O)OC(C)COC. The van der Waals surface area contributed by atoms with Crippen LogP contribution < -0.4 is 5.14 Å². The Labute approximate surface area is 112 Å². The third-order valence-corrected chi connectivity index (χ3v) is 3.34. The predicted octanol–water partition coefficient (Wildman–Crippen LogP) is 0.347. The third-order valence-electron chi connectivity index (χ3n) is 2.46. The number of rotatable bonds is 6. The molecule has 1 unspecified atom stereocenters. The molecule has 8 heteroatoms. The van der Waals surface area contributed by atoms with Gasteiger partial charge in [0.25, 0.3) is 0 Å². The van der Waals surface area contributed by atoms with Crippen molar-refractivity contribution >= 4 is 16.0 Å². The molecular formula is C11H18N2O5S. The maximum absolute atomic E-state index is 11.9. The van der Waals surface area contributed by atoms with Crippen molar-refractivity contribution in [2.24, 2.45) is 5.14 Å². The minimum Gasteiger partial charge on any atom is -0.456 e. The molecule has 108 valence electrons. The van der Waals surface area contributed by atoms with E-state index in [0.29, 0.717) is 6.54 Å². The molecule has 0 spiro atoms. The largest absolute Gasteiger partial charge is 0.456 e. The fraction of sp³-hybridized carbons (Fsp3) is 0.545. The molecule has 0 aromatic carbocycles. The molecule has 7 nitrogen and oxygen atoms in total. The molecule has 0 radical (unpaired) electrons. The van der Waals surface area contributed by atoms with E-state index in [4.69, 9.17) is 14.6 Å². The number of carbonyl (C=O) groups excluding carboxylic acids is 1. The van der Waals surface area contributed by atoms with E-state index in [1.165, 1.54) is 23.9 Å². The summed E-state index contributed by atoms with van der Waals surface area (Å²) < 4.78 is 34.0. The van der Waals surface area contributed by atoms with Gasteiger partial charge in [0.05, 0.1) is 6.61 Å². The summed E-state index contributed by atoms with van der Waals surface area (Å²) in [5.74, 6) is -0.610. The molecule has 0 saturated carbocycles. The molecule has 0 bridgehead atoms. The number of hydrogen-bond acceptors (Lipinski definition) is 5. The summed E-state index contributed by atoms with van der Waals surface area (Å²) in [6.07, 6.45) is 0.892. The monoisotopic (exact) mass is 290 g/mol. The maximum atomic E-state index is 11.9. The van der Waals surface area contributed by atoms with E-state index in [1.807, 2.05) is 0 Å². The second-order valence-electron chi connectivity index (χ2n) is 4.06. The Morgan fingerprint density at radius 1 is 1.53 bits per heavy atom. The minimum atomic E-state index is -3.84. The van der Waals surface area contributed by atoms with E-state index >= 15 is 0 Å². The number of aromatic nitrogens is 1. The smallest absolute Gasteiger partial charge is 0.355 e. The van der Waals surface area contributed by atoms with Crippen LogP contribution >= 0.6 is 0 Å². The number of ether oxygens (including phenoxy) is 2. The van der Waals surface area contributed by atoms with Crippen molar-refractivity contribution in [1.82, 2.24) is 4.57 Å². The van der Waals surface area contributed by atoms with Gasteiger partial charge in [-0.1, -0.05) is 0 Å². The van der Waals surface area contributed by atoms with E-state index in [1.54, 1.807) is 13.8 Å². The van der Waals surface area contributed by atoms with Crippen LogP contribution in [0.5, 0.6) is 0 Å². The van der Waals surface area contributed by atoms with Gasteiger partial charge in [-0.25, -0.2) is 18.4 Å². The zero-order valence-corrected chi connectivity index (χ0v) is 11.9. The highest BCUT2D eigenvalue weighted by molar-refractivity contribution is 7.89. The Kier molecular flexibility index (Phi) is 5.10. The Morgan fingerprint density at radius 2 is 2.16 bits per heavy atom. The Hall–Kier alpha value is -1.38. The van der Waals surface area contributed by atoms with Gasteiger partial charge in [-0.3, -0.25) is 0 Å². The zero-order chi connectivity index (χ0) is 14.6. The summed E-state index contributed by atoms with van der Waals surface area (Å²) >= 11 is 0. The van der Waals surface area contributed by atoms with E-state index < -0.39 is 22.1 Å².